The fourth-order valence-corrected chi connectivity index (χ4v) is 3.12. The van der Waals surface area contributed by atoms with E-state index in [-0.39, 0.29) is 0 Å². The van der Waals surface area contributed by atoms with Crippen LogP contribution in [-0.2, 0) is 0 Å². The predicted molar refractivity (Wildman–Crippen MR) is 89.8 cm³/mol. The summed E-state index contributed by atoms with van der Waals surface area (Å²) < 4.78 is 0.832. The summed E-state index contributed by atoms with van der Waals surface area (Å²) in [5.41, 5.74) is 8.05. The SMILES string of the molecule is NC(=S)c1c(Br)cccc1Nc1cc(Cl)cc(Cl)c1. The Bertz CT molecular complexity index is 626. The van der Waals surface area contributed by atoms with Crippen molar-refractivity contribution in [1.29, 1.82) is 0 Å². The minimum atomic E-state index is 0.308. The van der Waals surface area contributed by atoms with E-state index in [2.05, 4.69) is 21.2 Å². The highest BCUT2D eigenvalue weighted by Crippen LogP contribution is 2.30. The molecule has 0 aromatic heterocycles. The second kappa shape index (κ2) is 6.09. The minimum Gasteiger partial charge on any atom is -0.389 e. The van der Waals surface area contributed by atoms with Crippen LogP contribution in [0.25, 0.3) is 0 Å². The van der Waals surface area contributed by atoms with Crippen LogP contribution in [0.5, 0.6) is 0 Å². The maximum atomic E-state index is 5.97. The summed E-state index contributed by atoms with van der Waals surface area (Å²) in [6, 6.07) is 10.9. The van der Waals surface area contributed by atoms with E-state index < -0.39 is 0 Å². The third kappa shape index (κ3) is 3.60. The summed E-state index contributed by atoms with van der Waals surface area (Å²) >= 11 is 20.4. The van der Waals surface area contributed by atoms with Crippen molar-refractivity contribution in [3.8, 4) is 0 Å². The molecule has 0 aliphatic rings. The van der Waals surface area contributed by atoms with Crippen molar-refractivity contribution in [1.82, 2.24) is 0 Å². The topological polar surface area (TPSA) is 38.0 Å². The lowest BCUT2D eigenvalue weighted by Crippen LogP contribution is -2.12. The molecule has 0 saturated heterocycles. The maximum Gasteiger partial charge on any atom is 0.107 e. The van der Waals surface area contributed by atoms with Gasteiger partial charge >= 0.3 is 0 Å². The lowest BCUT2D eigenvalue weighted by Gasteiger charge is -2.13. The Balaban J connectivity index is 2.43. The second-order valence-electron chi connectivity index (χ2n) is 3.81. The van der Waals surface area contributed by atoms with Crippen LogP contribution in [0.3, 0.4) is 0 Å². The van der Waals surface area contributed by atoms with Crippen molar-refractivity contribution in [3.63, 3.8) is 0 Å². The number of hydrogen-bond acceptors (Lipinski definition) is 2. The van der Waals surface area contributed by atoms with Gasteiger partial charge in [0.25, 0.3) is 0 Å². The van der Waals surface area contributed by atoms with Crippen molar-refractivity contribution in [2.75, 3.05) is 5.32 Å². The number of anilines is 2. The molecule has 0 spiro atoms. The summed E-state index contributed by atoms with van der Waals surface area (Å²) in [6.07, 6.45) is 0. The summed E-state index contributed by atoms with van der Waals surface area (Å²) in [5, 5.41) is 4.32. The summed E-state index contributed by atoms with van der Waals surface area (Å²) in [5.74, 6) is 0. The Morgan fingerprint density at radius 3 is 2.37 bits per heavy atom. The first-order valence-electron chi connectivity index (χ1n) is 5.29. The van der Waals surface area contributed by atoms with Gasteiger partial charge in [-0.05, 0) is 46.3 Å². The molecule has 0 saturated carbocycles. The van der Waals surface area contributed by atoms with Crippen molar-refractivity contribution >= 4 is 67.7 Å². The van der Waals surface area contributed by atoms with Gasteiger partial charge in [-0.15, -0.1) is 0 Å². The monoisotopic (exact) mass is 374 g/mol. The molecular weight excluding hydrogens is 367 g/mol. The molecule has 2 aromatic rings. The summed E-state index contributed by atoms with van der Waals surface area (Å²) in [6.45, 7) is 0. The Morgan fingerprint density at radius 1 is 1.16 bits per heavy atom. The molecule has 0 unspecified atom stereocenters. The van der Waals surface area contributed by atoms with Crippen molar-refractivity contribution < 1.29 is 0 Å². The molecule has 2 nitrogen and oxygen atoms in total. The molecule has 0 aliphatic carbocycles. The predicted octanol–water partition coefficient (Wildman–Crippen LogP) is 5.13. The number of rotatable bonds is 3. The minimum absolute atomic E-state index is 0.308. The van der Waals surface area contributed by atoms with E-state index in [1.165, 1.54) is 0 Å². The molecule has 2 aromatic carbocycles. The average molecular weight is 376 g/mol. The highest BCUT2D eigenvalue weighted by atomic mass is 79.9. The fraction of sp³-hybridized carbons (Fsp3) is 0. The molecular formula is C13H9BrCl2N2S. The molecule has 0 heterocycles. The highest BCUT2D eigenvalue weighted by molar-refractivity contribution is 9.10. The van der Waals surface area contributed by atoms with Crippen molar-refractivity contribution in [3.05, 3.63) is 56.5 Å². The number of thiocarbonyl (C=S) groups is 1. The van der Waals surface area contributed by atoms with Gasteiger partial charge < -0.3 is 11.1 Å². The van der Waals surface area contributed by atoms with Gasteiger partial charge in [0, 0.05) is 31.5 Å². The van der Waals surface area contributed by atoms with Crippen LogP contribution < -0.4 is 11.1 Å². The quantitative estimate of drug-likeness (QED) is 0.730. The van der Waals surface area contributed by atoms with Gasteiger partial charge in [-0.3, -0.25) is 0 Å². The first-order chi connectivity index (χ1) is 8.97. The number of nitrogens with one attached hydrogen (secondary N) is 1. The Hall–Kier alpha value is -0.810. The van der Waals surface area contributed by atoms with E-state index in [9.17, 15) is 0 Å². The standard InChI is InChI=1S/C13H9BrCl2N2S/c14-10-2-1-3-11(12(10)13(17)19)18-9-5-7(15)4-8(16)6-9/h1-6,18H,(H2,17,19). The van der Waals surface area contributed by atoms with Crippen LogP contribution in [0.15, 0.2) is 40.9 Å². The van der Waals surface area contributed by atoms with Gasteiger partial charge in [0.05, 0.1) is 0 Å². The Morgan fingerprint density at radius 2 is 1.79 bits per heavy atom. The third-order valence-electron chi connectivity index (χ3n) is 2.40. The zero-order valence-electron chi connectivity index (χ0n) is 9.58. The summed E-state index contributed by atoms with van der Waals surface area (Å²) in [7, 11) is 0. The molecule has 98 valence electrons. The number of benzene rings is 2. The molecule has 6 heteroatoms. The molecule has 0 radical (unpaired) electrons. The van der Waals surface area contributed by atoms with Crippen LogP contribution in [0.4, 0.5) is 11.4 Å². The zero-order chi connectivity index (χ0) is 14.0. The fourth-order valence-electron chi connectivity index (χ4n) is 1.66. The van der Waals surface area contributed by atoms with Gasteiger partial charge in [-0.1, -0.05) is 41.5 Å². The lowest BCUT2D eigenvalue weighted by molar-refractivity contribution is 1.50. The average Bonchev–Trinajstić information content (AvgIpc) is 2.26. The first kappa shape index (κ1) is 14.6. The normalized spacial score (nSPS) is 10.3. The van der Waals surface area contributed by atoms with Crippen LogP contribution in [-0.4, -0.2) is 4.99 Å². The molecule has 0 bridgehead atoms. The van der Waals surface area contributed by atoms with Crippen LogP contribution in [0, 0.1) is 0 Å². The van der Waals surface area contributed by atoms with Gasteiger partial charge in [-0.2, -0.15) is 0 Å². The number of halogens is 3. The van der Waals surface area contributed by atoms with E-state index in [4.69, 9.17) is 41.2 Å². The van der Waals surface area contributed by atoms with E-state index in [0.29, 0.717) is 15.0 Å². The largest absolute Gasteiger partial charge is 0.389 e. The smallest absolute Gasteiger partial charge is 0.107 e. The second-order valence-corrected chi connectivity index (χ2v) is 5.98. The molecule has 0 aliphatic heterocycles. The number of hydrogen-bond donors (Lipinski definition) is 2. The van der Waals surface area contributed by atoms with E-state index in [0.717, 1.165) is 21.4 Å². The Labute approximate surface area is 135 Å². The maximum absolute atomic E-state index is 5.97. The van der Waals surface area contributed by atoms with E-state index >= 15 is 0 Å². The molecule has 19 heavy (non-hydrogen) atoms. The lowest BCUT2D eigenvalue weighted by atomic mass is 10.1. The third-order valence-corrected chi connectivity index (χ3v) is 3.70. The van der Waals surface area contributed by atoms with Gasteiger partial charge in [0.15, 0.2) is 0 Å². The highest BCUT2D eigenvalue weighted by Gasteiger charge is 2.10. The Kier molecular flexibility index (Phi) is 4.68. The molecule has 0 atom stereocenters. The van der Waals surface area contributed by atoms with Crippen molar-refractivity contribution in [2.24, 2.45) is 5.73 Å². The first-order valence-corrected chi connectivity index (χ1v) is 7.24. The number of nitrogens with two attached hydrogens (primary N) is 1. The van der Waals surface area contributed by atoms with E-state index in [1.54, 1.807) is 18.2 Å². The zero-order valence-corrected chi connectivity index (χ0v) is 13.5. The summed E-state index contributed by atoms with van der Waals surface area (Å²) in [4.78, 5) is 0.308. The molecule has 0 fully saturated rings. The molecule has 2 rings (SSSR count). The van der Waals surface area contributed by atoms with E-state index in [1.807, 2.05) is 18.2 Å². The van der Waals surface area contributed by atoms with Gasteiger partial charge in [0.2, 0.25) is 0 Å². The van der Waals surface area contributed by atoms with Crippen LogP contribution in [0.2, 0.25) is 10.0 Å². The molecule has 3 N–H and O–H groups in total. The van der Waals surface area contributed by atoms with Crippen LogP contribution >= 0.6 is 51.3 Å². The molecule has 0 amide bonds. The van der Waals surface area contributed by atoms with Crippen molar-refractivity contribution in [2.45, 2.75) is 0 Å². The van der Waals surface area contributed by atoms with Crippen LogP contribution in [0.1, 0.15) is 5.56 Å². The van der Waals surface area contributed by atoms with Gasteiger partial charge in [-0.25, -0.2) is 0 Å². The van der Waals surface area contributed by atoms with Gasteiger partial charge in [0.1, 0.15) is 4.99 Å².